The predicted octanol–water partition coefficient (Wildman–Crippen LogP) is 1.57. The molecular formula is C12H16NO3-. The number of nitrogens with zero attached hydrogens (tertiary/aromatic N) is 1. The van der Waals surface area contributed by atoms with Crippen LogP contribution in [0.4, 0.5) is 0 Å². The SMILES string of the molecule is C=CC(=O)OC.C=Cn1ccc([O-])c1CC. The van der Waals surface area contributed by atoms with Crippen LogP contribution in [0.2, 0.25) is 0 Å². The molecular weight excluding hydrogens is 206 g/mol. The first-order valence-corrected chi connectivity index (χ1v) is 4.80. The van der Waals surface area contributed by atoms with E-state index >= 15 is 0 Å². The number of ether oxygens (including phenoxy) is 1. The van der Waals surface area contributed by atoms with Gasteiger partial charge in [0.15, 0.2) is 0 Å². The molecule has 0 fully saturated rings. The molecule has 0 saturated carbocycles. The highest BCUT2D eigenvalue weighted by molar-refractivity contribution is 5.80. The van der Waals surface area contributed by atoms with Gasteiger partial charge in [-0.1, -0.05) is 31.9 Å². The number of hydrogen-bond acceptors (Lipinski definition) is 3. The Hall–Kier alpha value is -1.97. The number of methoxy groups -OCH3 is 1. The van der Waals surface area contributed by atoms with Crippen molar-refractivity contribution in [1.29, 1.82) is 0 Å². The first kappa shape index (κ1) is 14.0. The lowest BCUT2D eigenvalue weighted by Crippen LogP contribution is -1.96. The third-order valence-electron chi connectivity index (χ3n) is 1.88. The fourth-order valence-electron chi connectivity index (χ4n) is 1.07. The van der Waals surface area contributed by atoms with Gasteiger partial charge in [0.2, 0.25) is 0 Å². The van der Waals surface area contributed by atoms with Crippen molar-refractivity contribution in [2.24, 2.45) is 0 Å². The first-order valence-electron chi connectivity index (χ1n) is 4.80. The second-order valence-electron chi connectivity index (χ2n) is 2.80. The van der Waals surface area contributed by atoms with Gasteiger partial charge < -0.3 is 14.4 Å². The maximum Gasteiger partial charge on any atom is 0.329 e. The molecule has 0 spiro atoms. The number of rotatable bonds is 3. The third kappa shape index (κ3) is 4.04. The fraction of sp³-hybridized carbons (Fsp3) is 0.250. The van der Waals surface area contributed by atoms with Crippen LogP contribution in [0.15, 0.2) is 31.5 Å². The van der Waals surface area contributed by atoms with E-state index in [4.69, 9.17) is 0 Å². The lowest BCUT2D eigenvalue weighted by molar-refractivity contribution is -0.269. The standard InChI is InChI=1S/C8H11NO.C4H6O2/c1-3-7-8(10)5-6-9(7)4-2;1-3-4(5)6-2/h4-6,10H,2-3H2,1H3;3H,1H2,2H3/p-1. The topological polar surface area (TPSA) is 54.3 Å². The van der Waals surface area contributed by atoms with Gasteiger partial charge in [0.1, 0.15) is 0 Å². The molecule has 0 saturated heterocycles. The smallest absolute Gasteiger partial charge is 0.329 e. The first-order chi connectivity index (χ1) is 7.60. The Kier molecular flexibility index (Phi) is 6.43. The zero-order valence-corrected chi connectivity index (χ0v) is 9.60. The maximum absolute atomic E-state index is 11.0. The van der Waals surface area contributed by atoms with Crippen molar-refractivity contribution >= 4 is 12.2 Å². The summed E-state index contributed by atoms with van der Waals surface area (Å²) in [5.74, 6) is -0.294. The van der Waals surface area contributed by atoms with Crippen molar-refractivity contribution in [3.63, 3.8) is 0 Å². The summed E-state index contributed by atoms with van der Waals surface area (Å²) < 4.78 is 5.89. The van der Waals surface area contributed by atoms with Crippen LogP contribution in [0, 0.1) is 0 Å². The van der Waals surface area contributed by atoms with Gasteiger partial charge in [-0.05, 0) is 6.42 Å². The molecule has 1 aromatic rings. The van der Waals surface area contributed by atoms with Crippen LogP contribution in [0.1, 0.15) is 12.6 Å². The summed E-state index contributed by atoms with van der Waals surface area (Å²) in [6, 6.07) is 1.56. The van der Waals surface area contributed by atoms with Crippen molar-refractivity contribution in [3.8, 4) is 5.75 Å². The van der Waals surface area contributed by atoms with Gasteiger partial charge in [-0.2, -0.15) is 0 Å². The lowest BCUT2D eigenvalue weighted by atomic mass is 10.3. The van der Waals surface area contributed by atoms with Crippen LogP contribution in [0.3, 0.4) is 0 Å². The van der Waals surface area contributed by atoms with Crippen LogP contribution < -0.4 is 5.11 Å². The predicted molar refractivity (Wildman–Crippen MR) is 61.9 cm³/mol. The molecule has 0 unspecified atom stereocenters. The second kappa shape index (κ2) is 7.34. The van der Waals surface area contributed by atoms with Crippen molar-refractivity contribution in [1.82, 2.24) is 4.57 Å². The summed E-state index contributed by atoms with van der Waals surface area (Å²) in [6.45, 7) is 8.69. The highest BCUT2D eigenvalue weighted by Gasteiger charge is 1.94. The van der Waals surface area contributed by atoms with Crippen molar-refractivity contribution in [2.45, 2.75) is 13.3 Å². The Labute approximate surface area is 95.5 Å². The van der Waals surface area contributed by atoms with E-state index in [9.17, 15) is 9.90 Å². The summed E-state index contributed by atoms with van der Waals surface area (Å²) in [5.41, 5.74) is 0.801. The Bertz CT molecular complexity index is 366. The molecule has 0 aliphatic carbocycles. The Morgan fingerprint density at radius 2 is 2.25 bits per heavy atom. The number of hydrogen-bond donors (Lipinski definition) is 0. The third-order valence-corrected chi connectivity index (χ3v) is 1.88. The van der Waals surface area contributed by atoms with Gasteiger partial charge in [0.05, 0.1) is 7.11 Å². The zero-order valence-electron chi connectivity index (χ0n) is 9.60. The molecule has 0 radical (unpaired) electrons. The summed E-state index contributed by atoms with van der Waals surface area (Å²) in [7, 11) is 1.31. The quantitative estimate of drug-likeness (QED) is 0.576. The second-order valence-corrected chi connectivity index (χ2v) is 2.80. The molecule has 4 nitrogen and oxygen atoms in total. The molecule has 0 aromatic carbocycles. The van der Waals surface area contributed by atoms with Gasteiger partial charge in [-0.25, -0.2) is 4.79 Å². The number of carbonyl (C=O) groups excluding carboxylic acids is 1. The minimum absolute atomic E-state index is 0.0994. The number of esters is 1. The largest absolute Gasteiger partial charge is 0.871 e. The van der Waals surface area contributed by atoms with Crippen LogP contribution in [0.25, 0.3) is 6.20 Å². The molecule has 0 aliphatic heterocycles. The molecule has 0 amide bonds. The molecule has 1 rings (SSSR count). The molecule has 4 heteroatoms. The van der Waals surface area contributed by atoms with Crippen LogP contribution >= 0.6 is 0 Å². The van der Waals surface area contributed by atoms with E-state index in [2.05, 4.69) is 17.9 Å². The molecule has 1 aromatic heterocycles. The van der Waals surface area contributed by atoms with Crippen LogP contribution in [-0.2, 0) is 16.0 Å². The monoisotopic (exact) mass is 222 g/mol. The zero-order chi connectivity index (χ0) is 12.6. The number of aromatic nitrogens is 1. The molecule has 88 valence electrons. The normalized spacial score (nSPS) is 8.62. The Balaban J connectivity index is 0.000000325. The molecule has 0 N–H and O–H groups in total. The maximum atomic E-state index is 11.0. The van der Waals surface area contributed by atoms with Gasteiger partial charge in [0, 0.05) is 24.2 Å². The highest BCUT2D eigenvalue weighted by Crippen LogP contribution is 2.15. The van der Waals surface area contributed by atoms with Crippen LogP contribution in [-0.4, -0.2) is 17.6 Å². The van der Waals surface area contributed by atoms with E-state index in [1.54, 1.807) is 23.0 Å². The van der Waals surface area contributed by atoms with E-state index in [1.165, 1.54) is 7.11 Å². The molecule has 0 bridgehead atoms. The highest BCUT2D eigenvalue weighted by atomic mass is 16.5. The van der Waals surface area contributed by atoms with Crippen molar-refractivity contribution in [3.05, 3.63) is 37.2 Å². The van der Waals surface area contributed by atoms with Crippen molar-refractivity contribution in [2.75, 3.05) is 7.11 Å². The molecule has 16 heavy (non-hydrogen) atoms. The van der Waals surface area contributed by atoms with E-state index in [-0.39, 0.29) is 5.75 Å². The number of carbonyl (C=O) groups is 1. The molecule has 1 heterocycles. The summed E-state index contributed by atoms with van der Waals surface area (Å²) in [4.78, 5) is 9.84. The van der Waals surface area contributed by atoms with E-state index in [1.807, 2.05) is 6.92 Å². The Morgan fingerprint density at radius 1 is 1.62 bits per heavy atom. The summed E-state index contributed by atoms with van der Waals surface area (Å²) >= 11 is 0. The average Bonchev–Trinajstić information content (AvgIpc) is 2.69. The van der Waals surface area contributed by atoms with E-state index < -0.39 is 5.97 Å². The van der Waals surface area contributed by atoms with Gasteiger partial charge in [-0.15, -0.1) is 0 Å². The van der Waals surface area contributed by atoms with E-state index in [0.717, 1.165) is 18.2 Å². The minimum Gasteiger partial charge on any atom is -0.871 e. The van der Waals surface area contributed by atoms with E-state index in [0.29, 0.717) is 0 Å². The summed E-state index contributed by atoms with van der Waals surface area (Å²) in [5, 5.41) is 11.0. The average molecular weight is 222 g/mol. The van der Waals surface area contributed by atoms with Crippen LogP contribution in [0.5, 0.6) is 5.75 Å². The minimum atomic E-state index is -0.394. The molecule has 0 aliphatic rings. The van der Waals surface area contributed by atoms with Gasteiger partial charge in [-0.3, -0.25) is 0 Å². The fourth-order valence-corrected chi connectivity index (χ4v) is 1.07. The summed E-state index contributed by atoms with van der Waals surface area (Å²) in [6.07, 6.45) is 5.24. The van der Waals surface area contributed by atoms with Crippen molar-refractivity contribution < 1.29 is 14.6 Å². The van der Waals surface area contributed by atoms with Gasteiger partial charge >= 0.3 is 5.97 Å². The molecule has 0 atom stereocenters. The lowest BCUT2D eigenvalue weighted by Gasteiger charge is -2.06. The Morgan fingerprint density at radius 3 is 2.50 bits per heavy atom. The van der Waals surface area contributed by atoms with Gasteiger partial charge in [0.25, 0.3) is 0 Å².